The predicted octanol–water partition coefficient (Wildman–Crippen LogP) is 2.60. The molecule has 2 rings (SSSR count). The Labute approximate surface area is 125 Å². The van der Waals surface area contributed by atoms with E-state index in [1.165, 1.54) is 29.0 Å². The van der Waals surface area contributed by atoms with Crippen LogP contribution in [0.1, 0.15) is 36.1 Å². The predicted molar refractivity (Wildman–Crippen MR) is 85.4 cm³/mol. The van der Waals surface area contributed by atoms with Crippen LogP contribution in [0.2, 0.25) is 0 Å². The highest BCUT2D eigenvalue weighted by molar-refractivity contribution is 5.32. The van der Waals surface area contributed by atoms with Crippen molar-refractivity contribution in [3.05, 3.63) is 63.8 Å². The molecule has 21 heavy (non-hydrogen) atoms. The molecule has 1 heterocycles. The fraction of sp³-hybridized carbons (Fsp3) is 0.412. The normalized spacial score (nSPS) is 12.3. The van der Waals surface area contributed by atoms with Crippen LogP contribution in [0.25, 0.3) is 0 Å². The summed E-state index contributed by atoms with van der Waals surface area (Å²) in [6.45, 7) is 7.87. The van der Waals surface area contributed by atoms with Crippen LogP contribution in [-0.4, -0.2) is 16.1 Å². The van der Waals surface area contributed by atoms with Crippen LogP contribution in [-0.2, 0) is 6.54 Å². The summed E-state index contributed by atoms with van der Waals surface area (Å²) in [5.41, 5.74) is 3.73. The highest BCUT2D eigenvalue weighted by Crippen LogP contribution is 2.20. The summed E-state index contributed by atoms with van der Waals surface area (Å²) in [7, 11) is 0. The molecule has 0 bridgehead atoms. The monoisotopic (exact) mass is 285 g/mol. The Morgan fingerprint density at radius 3 is 2.76 bits per heavy atom. The number of hydrogen-bond acceptors (Lipinski definition) is 3. The molecular weight excluding hydrogens is 262 g/mol. The minimum Gasteiger partial charge on any atom is -0.308 e. The van der Waals surface area contributed by atoms with Gasteiger partial charge in [-0.3, -0.25) is 9.36 Å². The standard InChI is InChI=1S/C17H23N3O/c1-4-8-19-16(11-20-12-18-9-7-17(20)21)15-6-5-13(2)10-14(15)3/h5-7,9-10,12,16,19H,4,8,11H2,1-3H3. The Balaban J connectivity index is 2.30. The molecule has 0 saturated heterocycles. The van der Waals surface area contributed by atoms with Crippen LogP contribution in [0.3, 0.4) is 0 Å². The maximum atomic E-state index is 11.9. The van der Waals surface area contributed by atoms with Gasteiger partial charge in [0.25, 0.3) is 5.56 Å². The first kappa shape index (κ1) is 15.4. The zero-order chi connectivity index (χ0) is 15.2. The average molecular weight is 285 g/mol. The molecule has 2 aromatic rings. The quantitative estimate of drug-likeness (QED) is 0.887. The minimum absolute atomic E-state index is 0.0157. The lowest BCUT2D eigenvalue weighted by molar-refractivity contribution is 0.451. The lowest BCUT2D eigenvalue weighted by Gasteiger charge is -2.22. The van der Waals surface area contributed by atoms with Crippen molar-refractivity contribution < 1.29 is 0 Å². The second-order valence-electron chi connectivity index (χ2n) is 5.44. The summed E-state index contributed by atoms with van der Waals surface area (Å²) in [6.07, 6.45) is 4.19. The topological polar surface area (TPSA) is 46.9 Å². The van der Waals surface area contributed by atoms with Gasteiger partial charge in [0.1, 0.15) is 0 Å². The van der Waals surface area contributed by atoms with E-state index in [9.17, 15) is 4.79 Å². The summed E-state index contributed by atoms with van der Waals surface area (Å²) in [6, 6.07) is 8.07. The van der Waals surface area contributed by atoms with Crippen LogP contribution in [0.5, 0.6) is 0 Å². The van der Waals surface area contributed by atoms with Gasteiger partial charge < -0.3 is 5.32 Å². The van der Waals surface area contributed by atoms with Gasteiger partial charge in [-0.25, -0.2) is 4.98 Å². The van der Waals surface area contributed by atoms with Crippen molar-refractivity contribution >= 4 is 0 Å². The van der Waals surface area contributed by atoms with E-state index in [2.05, 4.69) is 49.3 Å². The molecule has 1 N–H and O–H groups in total. The van der Waals surface area contributed by atoms with Gasteiger partial charge in [-0.1, -0.05) is 30.7 Å². The highest BCUT2D eigenvalue weighted by atomic mass is 16.1. The molecule has 112 valence electrons. The SMILES string of the molecule is CCCNC(Cn1cnccc1=O)c1ccc(C)cc1C. The summed E-state index contributed by atoms with van der Waals surface area (Å²) in [5, 5.41) is 3.53. The molecular formula is C17H23N3O. The zero-order valence-electron chi connectivity index (χ0n) is 13.0. The number of rotatable bonds is 6. The summed E-state index contributed by atoms with van der Waals surface area (Å²) < 4.78 is 1.66. The third-order valence-corrected chi connectivity index (χ3v) is 3.61. The molecule has 0 radical (unpaired) electrons. The average Bonchev–Trinajstić information content (AvgIpc) is 2.46. The fourth-order valence-corrected chi connectivity index (χ4v) is 2.52. The zero-order valence-corrected chi connectivity index (χ0v) is 13.0. The Hall–Kier alpha value is -1.94. The second-order valence-corrected chi connectivity index (χ2v) is 5.44. The molecule has 0 saturated carbocycles. The lowest BCUT2D eigenvalue weighted by atomic mass is 9.99. The van der Waals surface area contributed by atoms with Crippen molar-refractivity contribution in [3.8, 4) is 0 Å². The second kappa shape index (κ2) is 7.18. The number of aromatic nitrogens is 2. The van der Waals surface area contributed by atoms with E-state index in [1.54, 1.807) is 10.9 Å². The van der Waals surface area contributed by atoms with E-state index in [1.807, 2.05) is 0 Å². The molecule has 1 unspecified atom stereocenters. The Morgan fingerprint density at radius 1 is 1.29 bits per heavy atom. The van der Waals surface area contributed by atoms with E-state index in [0.717, 1.165) is 13.0 Å². The Morgan fingerprint density at radius 2 is 2.10 bits per heavy atom. The van der Waals surface area contributed by atoms with E-state index in [-0.39, 0.29) is 11.6 Å². The van der Waals surface area contributed by atoms with Gasteiger partial charge in [0, 0.05) is 18.8 Å². The van der Waals surface area contributed by atoms with Crippen molar-refractivity contribution in [2.45, 2.75) is 39.8 Å². The smallest absolute Gasteiger partial charge is 0.253 e. The van der Waals surface area contributed by atoms with Gasteiger partial charge in [0.2, 0.25) is 0 Å². The first-order chi connectivity index (χ1) is 10.1. The van der Waals surface area contributed by atoms with Crippen LogP contribution in [0, 0.1) is 13.8 Å². The van der Waals surface area contributed by atoms with Crippen LogP contribution < -0.4 is 10.9 Å². The Kier molecular flexibility index (Phi) is 5.28. The number of aryl methyl sites for hydroxylation is 2. The van der Waals surface area contributed by atoms with Gasteiger partial charge >= 0.3 is 0 Å². The molecule has 0 fully saturated rings. The number of nitrogens with zero attached hydrogens (tertiary/aromatic N) is 2. The molecule has 1 atom stereocenters. The van der Waals surface area contributed by atoms with Crippen molar-refractivity contribution in [1.29, 1.82) is 0 Å². The molecule has 0 amide bonds. The molecule has 4 heteroatoms. The van der Waals surface area contributed by atoms with Crippen molar-refractivity contribution in [2.75, 3.05) is 6.54 Å². The molecule has 0 spiro atoms. The molecule has 0 aliphatic carbocycles. The fourth-order valence-electron chi connectivity index (χ4n) is 2.52. The minimum atomic E-state index is -0.0157. The molecule has 4 nitrogen and oxygen atoms in total. The maximum Gasteiger partial charge on any atom is 0.253 e. The van der Waals surface area contributed by atoms with Crippen molar-refractivity contribution in [2.24, 2.45) is 0 Å². The third-order valence-electron chi connectivity index (χ3n) is 3.61. The largest absolute Gasteiger partial charge is 0.308 e. The van der Waals surface area contributed by atoms with Crippen molar-refractivity contribution in [1.82, 2.24) is 14.9 Å². The number of hydrogen-bond donors (Lipinski definition) is 1. The highest BCUT2D eigenvalue weighted by Gasteiger charge is 2.14. The first-order valence-electron chi connectivity index (χ1n) is 7.42. The summed E-state index contributed by atoms with van der Waals surface area (Å²) in [5.74, 6) is 0. The van der Waals surface area contributed by atoms with E-state index < -0.39 is 0 Å². The molecule has 0 aliphatic heterocycles. The lowest BCUT2D eigenvalue weighted by Crippen LogP contribution is -2.31. The van der Waals surface area contributed by atoms with Gasteiger partial charge in [-0.15, -0.1) is 0 Å². The molecule has 1 aromatic heterocycles. The number of nitrogens with one attached hydrogen (secondary N) is 1. The third kappa shape index (κ3) is 4.02. The first-order valence-corrected chi connectivity index (χ1v) is 7.42. The van der Waals surface area contributed by atoms with Gasteiger partial charge in [-0.05, 0) is 37.9 Å². The van der Waals surface area contributed by atoms with E-state index in [0.29, 0.717) is 6.54 Å². The van der Waals surface area contributed by atoms with Gasteiger partial charge in [-0.2, -0.15) is 0 Å². The summed E-state index contributed by atoms with van der Waals surface area (Å²) in [4.78, 5) is 15.9. The van der Waals surface area contributed by atoms with Gasteiger partial charge in [0.15, 0.2) is 0 Å². The van der Waals surface area contributed by atoms with E-state index in [4.69, 9.17) is 0 Å². The molecule has 0 aliphatic rings. The maximum absolute atomic E-state index is 11.9. The van der Waals surface area contributed by atoms with Crippen LogP contribution in [0.15, 0.2) is 41.6 Å². The van der Waals surface area contributed by atoms with Crippen LogP contribution >= 0.6 is 0 Å². The summed E-state index contributed by atoms with van der Waals surface area (Å²) >= 11 is 0. The van der Waals surface area contributed by atoms with Crippen molar-refractivity contribution in [3.63, 3.8) is 0 Å². The number of benzene rings is 1. The molecule has 1 aromatic carbocycles. The van der Waals surface area contributed by atoms with E-state index >= 15 is 0 Å². The van der Waals surface area contributed by atoms with Gasteiger partial charge in [0.05, 0.1) is 12.4 Å². The Bertz CT molecular complexity index is 648. The van der Waals surface area contributed by atoms with Crippen LogP contribution in [0.4, 0.5) is 0 Å².